The quantitative estimate of drug-likeness (QED) is 0.408. The van der Waals surface area contributed by atoms with E-state index in [4.69, 9.17) is 9.72 Å². The molecule has 0 unspecified atom stereocenters. The molecular formula is C25H24FN5O2. The fraction of sp³-hybridized carbons (Fsp3) is 0.280. The monoisotopic (exact) mass is 445 g/mol. The molecule has 0 bridgehead atoms. The van der Waals surface area contributed by atoms with Crippen LogP contribution in [-0.4, -0.2) is 38.8 Å². The van der Waals surface area contributed by atoms with Gasteiger partial charge in [-0.25, -0.2) is 14.4 Å². The fourth-order valence-electron chi connectivity index (χ4n) is 3.83. The molecule has 8 heteroatoms. The molecule has 5 rings (SSSR count). The lowest BCUT2D eigenvalue weighted by Crippen LogP contribution is -2.26. The average molecular weight is 445 g/mol. The van der Waals surface area contributed by atoms with Gasteiger partial charge in [0.1, 0.15) is 0 Å². The number of aromatic nitrogens is 4. The maximum Gasteiger partial charge on any atom is 0.252 e. The molecule has 168 valence electrons. The summed E-state index contributed by atoms with van der Waals surface area (Å²) in [5.41, 5.74) is 2.84. The Balaban J connectivity index is 1.35. The number of nitrogens with one attached hydrogen (secondary N) is 1. The molecule has 1 saturated carbocycles. The molecule has 1 aliphatic rings. The zero-order chi connectivity index (χ0) is 22.8. The van der Waals surface area contributed by atoms with Gasteiger partial charge in [0.15, 0.2) is 23.0 Å². The molecule has 0 spiro atoms. The first-order chi connectivity index (χ1) is 16.1. The minimum absolute atomic E-state index is 0.182. The number of nitrogens with zero attached hydrogens (tertiary/aromatic N) is 4. The highest BCUT2D eigenvalue weighted by Crippen LogP contribution is 2.40. The summed E-state index contributed by atoms with van der Waals surface area (Å²) in [7, 11) is 0. The van der Waals surface area contributed by atoms with Crippen molar-refractivity contribution in [3.05, 3.63) is 77.5 Å². The number of para-hydroxylation sites is 1. The van der Waals surface area contributed by atoms with E-state index in [1.807, 2.05) is 31.2 Å². The summed E-state index contributed by atoms with van der Waals surface area (Å²) in [6.45, 7) is 2.58. The summed E-state index contributed by atoms with van der Waals surface area (Å²) in [4.78, 5) is 22.4. The number of fused-ring (bicyclic) bond motifs is 1. The van der Waals surface area contributed by atoms with E-state index in [1.54, 1.807) is 29.1 Å². The van der Waals surface area contributed by atoms with Crippen LogP contribution in [0.5, 0.6) is 5.75 Å². The van der Waals surface area contributed by atoms with E-state index < -0.39 is 5.82 Å². The third-order valence-electron chi connectivity index (χ3n) is 5.64. The van der Waals surface area contributed by atoms with Crippen LogP contribution in [0.1, 0.15) is 46.9 Å². The molecular weight excluding hydrogens is 421 g/mol. The number of benzene rings is 1. The molecule has 33 heavy (non-hydrogen) atoms. The molecule has 0 atom stereocenters. The molecule has 1 amide bonds. The van der Waals surface area contributed by atoms with Gasteiger partial charge in [-0.2, -0.15) is 9.78 Å². The van der Waals surface area contributed by atoms with Crippen molar-refractivity contribution in [2.75, 3.05) is 13.2 Å². The minimum atomic E-state index is -0.395. The molecule has 0 aliphatic heterocycles. The molecule has 3 aromatic heterocycles. The molecule has 1 fully saturated rings. The lowest BCUT2D eigenvalue weighted by molar-refractivity contribution is 0.0953. The van der Waals surface area contributed by atoms with Crippen LogP contribution in [0.3, 0.4) is 0 Å². The van der Waals surface area contributed by atoms with Gasteiger partial charge in [-0.1, -0.05) is 18.2 Å². The van der Waals surface area contributed by atoms with Crippen molar-refractivity contribution in [2.24, 2.45) is 0 Å². The topological polar surface area (TPSA) is 81.9 Å². The van der Waals surface area contributed by atoms with E-state index in [9.17, 15) is 9.18 Å². The van der Waals surface area contributed by atoms with Crippen molar-refractivity contribution >= 4 is 16.9 Å². The van der Waals surface area contributed by atoms with Gasteiger partial charge in [-0.05, 0) is 56.5 Å². The third-order valence-corrected chi connectivity index (χ3v) is 5.64. The van der Waals surface area contributed by atoms with Crippen molar-refractivity contribution in [2.45, 2.75) is 32.1 Å². The second-order valence-electron chi connectivity index (χ2n) is 8.14. The Morgan fingerprint density at radius 1 is 1.21 bits per heavy atom. The van der Waals surface area contributed by atoms with Crippen LogP contribution >= 0.6 is 0 Å². The smallest absolute Gasteiger partial charge is 0.252 e. The van der Waals surface area contributed by atoms with Crippen LogP contribution < -0.4 is 10.1 Å². The molecule has 0 saturated heterocycles. The van der Waals surface area contributed by atoms with Crippen molar-refractivity contribution in [3.8, 4) is 11.6 Å². The van der Waals surface area contributed by atoms with E-state index in [0.717, 1.165) is 29.6 Å². The van der Waals surface area contributed by atoms with Gasteiger partial charge in [0.25, 0.3) is 5.91 Å². The lowest BCUT2D eigenvalue weighted by Gasteiger charge is -2.10. The number of hydrogen-bond donors (Lipinski definition) is 1. The minimum Gasteiger partial charge on any atom is -0.490 e. The molecule has 0 radical (unpaired) electrons. The molecule has 7 nitrogen and oxygen atoms in total. The maximum absolute atomic E-state index is 13.7. The Bertz CT molecular complexity index is 1300. The lowest BCUT2D eigenvalue weighted by atomic mass is 10.1. The summed E-state index contributed by atoms with van der Waals surface area (Å²) in [5, 5.41) is 8.32. The van der Waals surface area contributed by atoms with E-state index in [0.29, 0.717) is 42.5 Å². The first kappa shape index (κ1) is 21.1. The van der Waals surface area contributed by atoms with Crippen LogP contribution in [-0.2, 0) is 0 Å². The predicted molar refractivity (Wildman–Crippen MR) is 122 cm³/mol. The first-order valence-electron chi connectivity index (χ1n) is 11.1. The van der Waals surface area contributed by atoms with Gasteiger partial charge >= 0.3 is 0 Å². The van der Waals surface area contributed by atoms with E-state index in [-0.39, 0.29) is 11.7 Å². The summed E-state index contributed by atoms with van der Waals surface area (Å²) in [6, 6.07) is 13.8. The molecule has 1 N–H and O–H groups in total. The highest BCUT2D eigenvalue weighted by molar-refractivity contribution is 6.06. The van der Waals surface area contributed by atoms with Crippen LogP contribution in [0.4, 0.5) is 4.39 Å². The maximum atomic E-state index is 13.7. The Hall–Kier alpha value is -3.81. The Morgan fingerprint density at radius 2 is 2.03 bits per heavy atom. The van der Waals surface area contributed by atoms with Gasteiger partial charge in [0.05, 0.1) is 23.3 Å². The molecule has 1 aliphatic carbocycles. The fourth-order valence-corrected chi connectivity index (χ4v) is 3.83. The van der Waals surface area contributed by atoms with Gasteiger partial charge in [0, 0.05) is 24.4 Å². The zero-order valence-corrected chi connectivity index (χ0v) is 18.3. The number of halogens is 1. The summed E-state index contributed by atoms with van der Waals surface area (Å²) >= 11 is 0. The highest BCUT2D eigenvalue weighted by Gasteiger charge is 2.29. The van der Waals surface area contributed by atoms with Crippen molar-refractivity contribution in [1.29, 1.82) is 0 Å². The molecule has 4 aromatic rings. The average Bonchev–Trinajstić information content (AvgIpc) is 3.63. The van der Waals surface area contributed by atoms with E-state index in [1.165, 1.54) is 6.07 Å². The Kier molecular flexibility index (Phi) is 5.73. The Labute approximate surface area is 190 Å². The number of carbonyl (C=O) groups excluding carboxylic acids is 1. The normalized spacial score (nSPS) is 13.3. The number of pyridine rings is 2. The van der Waals surface area contributed by atoms with Crippen LogP contribution in [0.15, 0.2) is 54.7 Å². The van der Waals surface area contributed by atoms with Crippen molar-refractivity contribution in [1.82, 2.24) is 25.1 Å². The standard InChI is InChI=1S/C25H24FN5O2/c1-16-23-18(25(32)28-13-6-14-33-21-8-3-2-7-19(21)26)15-20(17-10-11-17)29-24(23)31(30-16)22-9-4-5-12-27-22/h2-5,7-9,12,15,17H,6,10-11,13-14H2,1H3,(H,28,32). The zero-order valence-electron chi connectivity index (χ0n) is 18.3. The molecule has 1 aromatic carbocycles. The summed E-state index contributed by atoms with van der Waals surface area (Å²) in [5.74, 6) is 0.675. The largest absolute Gasteiger partial charge is 0.490 e. The van der Waals surface area contributed by atoms with Crippen LogP contribution in [0, 0.1) is 12.7 Å². The molecule has 3 heterocycles. The number of amides is 1. The predicted octanol–water partition coefficient (Wildman–Crippen LogP) is 4.34. The number of aryl methyl sites for hydroxylation is 1. The van der Waals surface area contributed by atoms with Crippen molar-refractivity contribution < 1.29 is 13.9 Å². The van der Waals surface area contributed by atoms with E-state index in [2.05, 4.69) is 15.4 Å². The second kappa shape index (κ2) is 8.97. The number of ether oxygens (including phenoxy) is 1. The van der Waals surface area contributed by atoms with E-state index >= 15 is 0 Å². The SMILES string of the molecule is Cc1nn(-c2ccccn2)c2nc(C3CC3)cc(C(=O)NCCCOc3ccccc3F)c12. The number of carbonyl (C=O) groups is 1. The van der Waals surface area contributed by atoms with Crippen molar-refractivity contribution in [3.63, 3.8) is 0 Å². The summed E-state index contributed by atoms with van der Waals surface area (Å²) in [6.07, 6.45) is 4.41. The van der Waals surface area contributed by atoms with Crippen LogP contribution in [0.2, 0.25) is 0 Å². The van der Waals surface area contributed by atoms with Crippen LogP contribution in [0.25, 0.3) is 16.9 Å². The number of hydrogen-bond acceptors (Lipinski definition) is 5. The van der Waals surface area contributed by atoms with Gasteiger partial charge in [-0.3, -0.25) is 4.79 Å². The van der Waals surface area contributed by atoms with Gasteiger partial charge < -0.3 is 10.1 Å². The third kappa shape index (κ3) is 4.41. The second-order valence-corrected chi connectivity index (χ2v) is 8.14. The summed E-state index contributed by atoms with van der Waals surface area (Å²) < 4.78 is 20.8. The first-order valence-corrected chi connectivity index (χ1v) is 11.1. The number of rotatable bonds is 8. The Morgan fingerprint density at radius 3 is 2.79 bits per heavy atom. The van der Waals surface area contributed by atoms with Gasteiger partial charge in [-0.15, -0.1) is 0 Å². The highest BCUT2D eigenvalue weighted by atomic mass is 19.1. The van der Waals surface area contributed by atoms with Gasteiger partial charge in [0.2, 0.25) is 0 Å².